The van der Waals surface area contributed by atoms with E-state index in [0.717, 1.165) is 4.13 Å². The zero-order valence-corrected chi connectivity index (χ0v) is 14.8. The number of halogens is 6. The molecule has 1 N–H and O–H groups in total. The van der Waals surface area contributed by atoms with Gasteiger partial charge in [0.1, 0.15) is 0 Å². The van der Waals surface area contributed by atoms with Crippen LogP contribution in [0.25, 0.3) is 4.13 Å². The number of hydrogen-bond acceptors (Lipinski definition) is 4. The second-order valence-electron chi connectivity index (χ2n) is 4.68. The minimum absolute atomic E-state index is 0.778. The van der Waals surface area contributed by atoms with Crippen LogP contribution < -0.4 is 4.90 Å². The van der Waals surface area contributed by atoms with E-state index >= 15 is 0 Å². The Hall–Kier alpha value is -0.600. The predicted octanol–water partition coefficient (Wildman–Crippen LogP) is 1.77. The molecule has 0 heterocycles. The van der Waals surface area contributed by atoms with Crippen LogP contribution in [0.5, 0.6) is 0 Å². The van der Waals surface area contributed by atoms with Crippen LogP contribution in [0.2, 0.25) is 0 Å². The first kappa shape index (κ1) is 25.6. The van der Waals surface area contributed by atoms with Crippen molar-refractivity contribution in [3.05, 3.63) is 4.13 Å². The molecule has 0 rings (SSSR count). The Morgan fingerprint density at radius 3 is 1.46 bits per heavy atom. The van der Waals surface area contributed by atoms with Gasteiger partial charge in [-0.3, -0.25) is 0 Å². The molecule has 0 radical (unpaired) electrons. The molecular formula is C10H20F6N2O4S2. The van der Waals surface area contributed by atoms with E-state index in [-0.39, 0.29) is 0 Å². The minimum atomic E-state index is -6.72. The topological polar surface area (TPSA) is 86.8 Å². The summed E-state index contributed by atoms with van der Waals surface area (Å²) in [5.41, 5.74) is -12.4. The molecule has 0 amide bonds. The highest BCUT2D eigenvalue weighted by Crippen LogP contribution is 2.36. The van der Waals surface area contributed by atoms with Crippen LogP contribution >= 0.6 is 0 Å². The van der Waals surface area contributed by atoms with E-state index in [0.29, 0.717) is 0 Å². The summed E-state index contributed by atoms with van der Waals surface area (Å²) >= 11 is 0. The molecule has 1 unspecified atom stereocenters. The van der Waals surface area contributed by atoms with Gasteiger partial charge in [0.2, 0.25) is 0 Å². The molecule has 0 aromatic carbocycles. The lowest BCUT2D eigenvalue weighted by atomic mass is 10.2. The first-order valence-corrected chi connectivity index (χ1v) is 9.58. The summed E-state index contributed by atoms with van der Waals surface area (Å²) in [5.74, 6) is 0. The summed E-state index contributed by atoms with van der Waals surface area (Å²) in [6.07, 6.45) is 4.14. The number of alkyl halides is 6. The Labute approximate surface area is 137 Å². The monoisotopic (exact) mass is 410 g/mol. The fraction of sp³-hybridized carbons (Fsp3) is 1.00. The van der Waals surface area contributed by atoms with Crippen LogP contribution in [0.1, 0.15) is 33.1 Å². The Bertz CT molecular complexity index is 515. The van der Waals surface area contributed by atoms with Crippen molar-refractivity contribution in [3.63, 3.8) is 0 Å². The maximum absolute atomic E-state index is 11.4. The quantitative estimate of drug-likeness (QED) is 0.512. The van der Waals surface area contributed by atoms with Gasteiger partial charge in [-0.25, -0.2) is 16.8 Å². The van der Waals surface area contributed by atoms with Gasteiger partial charge in [0.05, 0.1) is 20.1 Å². The van der Waals surface area contributed by atoms with Crippen molar-refractivity contribution in [1.29, 1.82) is 0 Å². The largest absolute Gasteiger partial charge is 0.480 e. The molecule has 0 aromatic rings. The SMILES string of the molecule is CCCCC[NH+](C)CC.O=S(=O)([N-]S(=O)(=O)C(F)(F)F)C(F)(F)F. The number of nitrogens with zero attached hydrogens (tertiary/aromatic N) is 1. The van der Waals surface area contributed by atoms with Gasteiger partial charge in [-0.1, -0.05) is 13.3 Å². The number of sulfonamides is 2. The maximum atomic E-state index is 11.4. The van der Waals surface area contributed by atoms with Gasteiger partial charge < -0.3 is 9.03 Å². The molecule has 14 heteroatoms. The van der Waals surface area contributed by atoms with Crippen molar-refractivity contribution < 1.29 is 48.1 Å². The van der Waals surface area contributed by atoms with Crippen LogP contribution in [0.3, 0.4) is 0 Å². The zero-order chi connectivity index (χ0) is 19.8. The number of rotatable bonds is 7. The van der Waals surface area contributed by atoms with Crippen LogP contribution in [-0.2, 0) is 20.0 Å². The third kappa shape index (κ3) is 9.64. The van der Waals surface area contributed by atoms with Gasteiger partial charge in [-0.15, -0.1) is 0 Å². The van der Waals surface area contributed by atoms with E-state index in [1.807, 2.05) is 0 Å². The van der Waals surface area contributed by atoms with Gasteiger partial charge >= 0.3 is 11.0 Å². The lowest BCUT2D eigenvalue weighted by Crippen LogP contribution is -3.08. The highest BCUT2D eigenvalue weighted by molar-refractivity contribution is 8.13. The fourth-order valence-corrected chi connectivity index (χ4v) is 2.78. The molecule has 24 heavy (non-hydrogen) atoms. The zero-order valence-electron chi connectivity index (χ0n) is 13.2. The van der Waals surface area contributed by atoms with E-state index in [4.69, 9.17) is 0 Å². The van der Waals surface area contributed by atoms with Crippen molar-refractivity contribution in [2.45, 2.75) is 44.1 Å². The first-order chi connectivity index (χ1) is 10.5. The highest BCUT2D eigenvalue weighted by Gasteiger charge is 2.46. The molecule has 148 valence electrons. The normalized spacial score (nSPS) is 14.7. The summed E-state index contributed by atoms with van der Waals surface area (Å²) in [5, 5.41) is 0. The lowest BCUT2D eigenvalue weighted by molar-refractivity contribution is -0.877. The fourth-order valence-electron chi connectivity index (χ4n) is 1.07. The first-order valence-electron chi connectivity index (χ1n) is 6.70. The third-order valence-electron chi connectivity index (χ3n) is 2.59. The number of hydrogen-bond donors (Lipinski definition) is 1. The molecule has 1 atom stereocenters. The Kier molecular flexibility index (Phi) is 10.4. The van der Waals surface area contributed by atoms with Crippen molar-refractivity contribution in [2.24, 2.45) is 0 Å². The van der Waals surface area contributed by atoms with E-state index in [9.17, 15) is 43.2 Å². The molecule has 0 aliphatic carbocycles. The predicted molar refractivity (Wildman–Crippen MR) is 75.1 cm³/mol. The van der Waals surface area contributed by atoms with Crippen molar-refractivity contribution in [2.75, 3.05) is 20.1 Å². The maximum Gasteiger partial charge on any atom is 0.480 e. The highest BCUT2D eigenvalue weighted by atomic mass is 32.3. The average Bonchev–Trinajstić information content (AvgIpc) is 2.35. The standard InChI is InChI=1S/C8H19N.C2F6NO4S2/c1-4-6-7-8-9(3)5-2;3-1(4,5)14(10,11)9-15(12,13)2(6,7)8/h4-8H2,1-3H3;/q;-1/p+1. The van der Waals surface area contributed by atoms with Crippen molar-refractivity contribution >= 4 is 20.0 Å². The van der Waals surface area contributed by atoms with Crippen LogP contribution in [0.4, 0.5) is 26.3 Å². The molecule has 0 saturated carbocycles. The molecule has 0 aliphatic rings. The van der Waals surface area contributed by atoms with E-state index in [2.05, 4.69) is 20.9 Å². The molecule has 6 nitrogen and oxygen atoms in total. The second kappa shape index (κ2) is 9.77. The summed E-state index contributed by atoms with van der Waals surface area (Å²) < 4.78 is 109. The summed E-state index contributed by atoms with van der Waals surface area (Å²) in [6.45, 7) is 7.11. The smallest absolute Gasteiger partial charge is 0.421 e. The van der Waals surface area contributed by atoms with E-state index in [1.165, 1.54) is 32.4 Å². The Morgan fingerprint density at radius 2 is 1.21 bits per heavy atom. The van der Waals surface area contributed by atoms with Crippen LogP contribution in [0, 0.1) is 0 Å². The third-order valence-corrected chi connectivity index (χ3v) is 5.33. The van der Waals surface area contributed by atoms with E-state index in [1.54, 1.807) is 4.90 Å². The van der Waals surface area contributed by atoms with Gasteiger partial charge in [-0.2, -0.15) is 26.3 Å². The molecule has 0 fully saturated rings. The van der Waals surface area contributed by atoms with Gasteiger partial charge in [0, 0.05) is 0 Å². The van der Waals surface area contributed by atoms with Gasteiger partial charge in [-0.05, 0) is 19.8 Å². The average molecular weight is 410 g/mol. The van der Waals surface area contributed by atoms with Crippen molar-refractivity contribution in [1.82, 2.24) is 0 Å². The minimum Gasteiger partial charge on any atom is -0.421 e. The van der Waals surface area contributed by atoms with Gasteiger partial charge in [0.15, 0.2) is 20.0 Å². The molecule has 0 spiro atoms. The summed E-state index contributed by atoms with van der Waals surface area (Å²) in [6, 6.07) is 0. The Balaban J connectivity index is 0. The lowest BCUT2D eigenvalue weighted by Gasteiger charge is -2.22. The summed E-state index contributed by atoms with van der Waals surface area (Å²) in [7, 11) is -11.2. The summed E-state index contributed by atoms with van der Waals surface area (Å²) in [4.78, 5) is 1.66. The Morgan fingerprint density at radius 1 is 0.833 bits per heavy atom. The second-order valence-corrected chi connectivity index (χ2v) is 8.11. The molecule has 0 aromatic heterocycles. The molecule has 0 saturated heterocycles. The molecule has 0 bridgehead atoms. The van der Waals surface area contributed by atoms with Crippen LogP contribution in [0.15, 0.2) is 0 Å². The van der Waals surface area contributed by atoms with Crippen LogP contribution in [-0.4, -0.2) is 48.0 Å². The molecular weight excluding hydrogens is 390 g/mol. The number of unbranched alkanes of at least 4 members (excludes halogenated alkanes) is 2. The molecule has 0 aliphatic heterocycles. The van der Waals surface area contributed by atoms with Gasteiger partial charge in [0.25, 0.3) is 0 Å². The van der Waals surface area contributed by atoms with E-state index < -0.39 is 31.1 Å². The number of quaternary nitrogens is 1. The van der Waals surface area contributed by atoms with Crippen molar-refractivity contribution in [3.8, 4) is 0 Å². The number of nitrogens with one attached hydrogen (secondary N) is 1.